The van der Waals surface area contributed by atoms with Crippen molar-refractivity contribution in [2.75, 3.05) is 11.8 Å². The molecule has 1 N–H and O–H groups in total. The van der Waals surface area contributed by atoms with E-state index in [-0.39, 0.29) is 16.1 Å². The Labute approximate surface area is 192 Å². The predicted molar refractivity (Wildman–Crippen MR) is 126 cm³/mol. The Balaban J connectivity index is 1.74. The van der Waals surface area contributed by atoms with Gasteiger partial charge in [0.05, 0.1) is 28.8 Å². The molecule has 0 bridgehead atoms. The molecule has 33 heavy (non-hydrogen) atoms. The molecule has 0 fully saturated rings. The number of nitrogens with zero attached hydrogens (tertiary/aromatic N) is 4. The third-order valence-electron chi connectivity index (χ3n) is 5.25. The maximum atomic E-state index is 13.1. The van der Waals surface area contributed by atoms with Crippen LogP contribution in [0.2, 0.25) is 0 Å². The number of ether oxygens (including phenoxy) is 1. The lowest BCUT2D eigenvalue weighted by molar-refractivity contribution is 0.398. The van der Waals surface area contributed by atoms with Crippen LogP contribution in [0.15, 0.2) is 65.7 Å². The van der Waals surface area contributed by atoms with E-state index >= 15 is 0 Å². The molecule has 0 atom stereocenters. The summed E-state index contributed by atoms with van der Waals surface area (Å²) in [6.45, 7) is 6.20. The van der Waals surface area contributed by atoms with E-state index in [1.54, 1.807) is 42.6 Å². The number of nitrogens with one attached hydrogen (secondary N) is 1. The lowest BCUT2D eigenvalue weighted by Crippen LogP contribution is -2.17. The van der Waals surface area contributed by atoms with Crippen LogP contribution in [0.5, 0.6) is 5.88 Å². The second kappa shape index (κ2) is 8.22. The largest absolute Gasteiger partial charge is 0.481 e. The second-order valence-corrected chi connectivity index (χ2v) is 10.2. The normalized spacial score (nSPS) is 11.8. The molecule has 0 unspecified atom stereocenters. The summed E-state index contributed by atoms with van der Waals surface area (Å²) in [7, 11) is -2.34. The molecular formula is C24H23N5O3S. The standard InChI is InChI=1S/C24H23N5O3S/c1-24(2,3)18-7-9-19(10-8-18)33(30,31)28-22-11-5-16(14-25)21-13-20(27-29(21)22)17-6-12-23(32-4)26-15-17/h5-13,15,28H,1-4H3. The minimum atomic E-state index is -3.87. The Kier molecular flexibility index (Phi) is 5.56. The van der Waals surface area contributed by atoms with Crippen molar-refractivity contribution in [3.05, 3.63) is 71.9 Å². The zero-order valence-electron chi connectivity index (χ0n) is 18.7. The molecule has 0 amide bonds. The number of rotatable bonds is 5. The van der Waals surface area contributed by atoms with E-state index in [1.165, 1.54) is 17.7 Å². The van der Waals surface area contributed by atoms with Gasteiger partial charge in [-0.15, -0.1) is 0 Å². The van der Waals surface area contributed by atoms with Crippen LogP contribution in [0, 0.1) is 11.3 Å². The van der Waals surface area contributed by atoms with Crippen molar-refractivity contribution in [3.8, 4) is 23.2 Å². The minimum Gasteiger partial charge on any atom is -0.481 e. The summed E-state index contributed by atoms with van der Waals surface area (Å²) >= 11 is 0. The third kappa shape index (κ3) is 4.38. The van der Waals surface area contributed by atoms with Crippen LogP contribution in [0.3, 0.4) is 0 Å². The number of benzene rings is 1. The highest BCUT2D eigenvalue weighted by atomic mass is 32.2. The smallest absolute Gasteiger partial charge is 0.263 e. The van der Waals surface area contributed by atoms with Gasteiger partial charge in [0, 0.05) is 17.8 Å². The molecule has 0 aliphatic rings. The molecule has 0 saturated carbocycles. The maximum absolute atomic E-state index is 13.1. The molecule has 0 aliphatic heterocycles. The highest BCUT2D eigenvalue weighted by molar-refractivity contribution is 7.92. The summed E-state index contributed by atoms with van der Waals surface area (Å²) in [6.07, 6.45) is 1.60. The molecular weight excluding hydrogens is 438 g/mol. The van der Waals surface area contributed by atoms with Crippen molar-refractivity contribution in [2.24, 2.45) is 0 Å². The zero-order valence-corrected chi connectivity index (χ0v) is 19.5. The number of hydrogen-bond donors (Lipinski definition) is 1. The van der Waals surface area contributed by atoms with Gasteiger partial charge in [-0.25, -0.2) is 17.9 Å². The van der Waals surface area contributed by atoms with Crippen LogP contribution in [0.4, 0.5) is 5.82 Å². The van der Waals surface area contributed by atoms with Gasteiger partial charge in [-0.05, 0) is 47.4 Å². The average molecular weight is 462 g/mol. The van der Waals surface area contributed by atoms with E-state index in [9.17, 15) is 13.7 Å². The third-order valence-corrected chi connectivity index (χ3v) is 6.62. The highest BCUT2D eigenvalue weighted by Crippen LogP contribution is 2.27. The number of aromatic nitrogens is 3. The summed E-state index contributed by atoms with van der Waals surface area (Å²) in [5.41, 5.74) is 3.04. The van der Waals surface area contributed by atoms with Gasteiger partial charge in [-0.1, -0.05) is 32.9 Å². The first kappa shape index (κ1) is 22.3. The Morgan fingerprint density at radius 2 is 1.79 bits per heavy atom. The molecule has 4 aromatic rings. The molecule has 0 saturated heterocycles. The second-order valence-electron chi connectivity index (χ2n) is 8.54. The van der Waals surface area contributed by atoms with E-state index in [0.29, 0.717) is 28.2 Å². The van der Waals surface area contributed by atoms with Crippen LogP contribution >= 0.6 is 0 Å². The summed E-state index contributed by atoms with van der Waals surface area (Å²) < 4.78 is 35.2. The monoisotopic (exact) mass is 461 g/mol. The van der Waals surface area contributed by atoms with Gasteiger partial charge in [0.2, 0.25) is 5.88 Å². The van der Waals surface area contributed by atoms with Crippen molar-refractivity contribution in [1.29, 1.82) is 5.26 Å². The fourth-order valence-corrected chi connectivity index (χ4v) is 4.41. The number of anilines is 1. The molecule has 8 nitrogen and oxygen atoms in total. The Morgan fingerprint density at radius 1 is 1.06 bits per heavy atom. The molecule has 1 aromatic carbocycles. The van der Waals surface area contributed by atoms with Crippen LogP contribution < -0.4 is 9.46 Å². The first-order valence-corrected chi connectivity index (χ1v) is 11.7. The van der Waals surface area contributed by atoms with Gasteiger partial charge in [0.15, 0.2) is 0 Å². The van der Waals surface area contributed by atoms with Crippen molar-refractivity contribution in [3.63, 3.8) is 0 Å². The fraction of sp³-hybridized carbons (Fsp3) is 0.208. The first-order valence-electron chi connectivity index (χ1n) is 10.2. The average Bonchev–Trinajstić information content (AvgIpc) is 3.25. The minimum absolute atomic E-state index is 0.0865. The van der Waals surface area contributed by atoms with Crippen LogP contribution in [-0.4, -0.2) is 30.1 Å². The summed E-state index contributed by atoms with van der Waals surface area (Å²) in [5.74, 6) is 0.683. The molecule has 4 rings (SSSR count). The van der Waals surface area contributed by atoms with E-state index < -0.39 is 10.0 Å². The highest BCUT2D eigenvalue weighted by Gasteiger charge is 2.20. The number of sulfonamides is 1. The quantitative estimate of drug-likeness (QED) is 0.472. The maximum Gasteiger partial charge on any atom is 0.263 e. The molecule has 168 valence electrons. The summed E-state index contributed by atoms with van der Waals surface area (Å²) in [4.78, 5) is 4.32. The van der Waals surface area contributed by atoms with Gasteiger partial charge in [-0.2, -0.15) is 10.4 Å². The lowest BCUT2D eigenvalue weighted by atomic mass is 9.87. The van der Waals surface area contributed by atoms with E-state index in [1.807, 2.05) is 12.1 Å². The van der Waals surface area contributed by atoms with Crippen LogP contribution in [0.25, 0.3) is 16.8 Å². The molecule has 0 spiro atoms. The number of nitriles is 1. The molecule has 9 heteroatoms. The zero-order chi connectivity index (χ0) is 23.8. The fourth-order valence-electron chi connectivity index (χ4n) is 3.37. The molecule has 0 aliphatic carbocycles. The van der Waals surface area contributed by atoms with Gasteiger partial charge < -0.3 is 4.74 Å². The van der Waals surface area contributed by atoms with Crippen molar-refractivity contribution < 1.29 is 13.2 Å². The number of methoxy groups -OCH3 is 1. The van der Waals surface area contributed by atoms with Gasteiger partial charge >= 0.3 is 0 Å². The first-order chi connectivity index (χ1) is 15.6. The predicted octanol–water partition coefficient (Wildman–Crippen LogP) is 4.37. The van der Waals surface area contributed by atoms with Crippen LogP contribution in [-0.2, 0) is 15.4 Å². The van der Waals surface area contributed by atoms with Gasteiger partial charge in [0.1, 0.15) is 11.9 Å². The Morgan fingerprint density at radius 3 is 2.36 bits per heavy atom. The topological polar surface area (TPSA) is 109 Å². The Hall–Kier alpha value is -3.90. The Bertz CT molecular complexity index is 1460. The summed E-state index contributed by atoms with van der Waals surface area (Å²) in [6, 6.07) is 17.2. The number of fused-ring (bicyclic) bond motifs is 1. The number of hydrogen-bond acceptors (Lipinski definition) is 6. The molecule has 3 heterocycles. The SMILES string of the molecule is COc1ccc(-c2cc3c(C#N)ccc(NS(=O)(=O)c4ccc(C(C)(C)C)cc4)n3n2)cn1. The van der Waals surface area contributed by atoms with Gasteiger partial charge in [0.25, 0.3) is 10.0 Å². The van der Waals surface area contributed by atoms with E-state index in [0.717, 1.165) is 5.56 Å². The lowest BCUT2D eigenvalue weighted by Gasteiger charge is -2.19. The van der Waals surface area contributed by atoms with E-state index in [4.69, 9.17) is 4.74 Å². The molecule has 3 aromatic heterocycles. The number of pyridine rings is 2. The van der Waals surface area contributed by atoms with Crippen molar-refractivity contribution in [1.82, 2.24) is 14.6 Å². The van der Waals surface area contributed by atoms with Gasteiger partial charge in [-0.3, -0.25) is 4.72 Å². The van der Waals surface area contributed by atoms with Crippen LogP contribution in [0.1, 0.15) is 31.9 Å². The van der Waals surface area contributed by atoms with Crippen molar-refractivity contribution >= 4 is 21.4 Å². The molecule has 0 radical (unpaired) electrons. The van der Waals surface area contributed by atoms with E-state index in [2.05, 4.69) is 41.6 Å². The summed E-state index contributed by atoms with van der Waals surface area (Å²) in [5, 5.41) is 14.0. The van der Waals surface area contributed by atoms with Crippen molar-refractivity contribution in [2.45, 2.75) is 31.1 Å².